The van der Waals surface area contributed by atoms with Crippen LogP contribution in [-0.2, 0) is 19.5 Å². The van der Waals surface area contributed by atoms with Gasteiger partial charge in [0, 0.05) is 55.1 Å². The zero-order valence-corrected chi connectivity index (χ0v) is 17.1. The lowest BCUT2D eigenvalue weighted by Crippen LogP contribution is -2.35. The summed E-state index contributed by atoms with van der Waals surface area (Å²) in [6.07, 6.45) is 5.98. The summed E-state index contributed by atoms with van der Waals surface area (Å²) in [6, 6.07) is 11.6. The Morgan fingerprint density at radius 2 is 2.00 bits per heavy atom. The Labute approximate surface area is 179 Å². The van der Waals surface area contributed by atoms with Crippen molar-refractivity contribution in [3.63, 3.8) is 0 Å². The minimum atomic E-state index is -0.0869. The molecule has 1 aromatic carbocycles. The van der Waals surface area contributed by atoms with E-state index in [4.69, 9.17) is 9.72 Å². The van der Waals surface area contributed by atoms with Crippen molar-refractivity contribution >= 4 is 0 Å². The molecule has 4 heterocycles. The maximum Gasteiger partial charge on any atom is 0.255 e. The molecular weight excluding hydrogens is 392 g/mol. The summed E-state index contributed by atoms with van der Waals surface area (Å²) >= 11 is 0. The number of methoxy groups -OCH3 is 1. The summed E-state index contributed by atoms with van der Waals surface area (Å²) in [5, 5.41) is 7.35. The largest absolute Gasteiger partial charge is 0.497 e. The quantitative estimate of drug-likeness (QED) is 0.521. The van der Waals surface area contributed by atoms with Gasteiger partial charge < -0.3 is 9.72 Å². The second kappa shape index (κ2) is 8.16. The molecule has 0 spiro atoms. The number of H-pyrrole nitrogens is 2. The average molecular weight is 414 g/mol. The predicted octanol–water partition coefficient (Wildman–Crippen LogP) is 2.79. The second-order valence-corrected chi connectivity index (χ2v) is 7.54. The summed E-state index contributed by atoms with van der Waals surface area (Å²) in [7, 11) is 1.65. The minimum absolute atomic E-state index is 0.0869. The maximum atomic E-state index is 12.8. The fraction of sp³-hybridized carbons (Fsp3) is 0.217. The summed E-state index contributed by atoms with van der Waals surface area (Å²) in [4.78, 5) is 26.8. The van der Waals surface area contributed by atoms with Crippen molar-refractivity contribution in [2.24, 2.45) is 0 Å². The Balaban J connectivity index is 1.36. The molecule has 8 heteroatoms. The van der Waals surface area contributed by atoms with E-state index in [-0.39, 0.29) is 5.56 Å². The highest BCUT2D eigenvalue weighted by Gasteiger charge is 2.23. The Bertz CT molecular complexity index is 1250. The first-order chi connectivity index (χ1) is 15.2. The van der Waals surface area contributed by atoms with Gasteiger partial charge in [0.25, 0.3) is 5.56 Å². The molecule has 8 nitrogen and oxygen atoms in total. The highest BCUT2D eigenvalue weighted by atomic mass is 16.5. The first-order valence-electron chi connectivity index (χ1n) is 10.1. The second-order valence-electron chi connectivity index (χ2n) is 7.54. The fourth-order valence-electron chi connectivity index (χ4n) is 3.93. The van der Waals surface area contributed by atoms with Crippen molar-refractivity contribution in [1.29, 1.82) is 0 Å². The van der Waals surface area contributed by atoms with Gasteiger partial charge in [-0.05, 0) is 36.4 Å². The van der Waals surface area contributed by atoms with Crippen molar-refractivity contribution in [1.82, 2.24) is 30.0 Å². The molecule has 0 amide bonds. The molecular formula is C23H22N6O2. The number of ether oxygens (including phenoxy) is 1. The molecule has 2 N–H and O–H groups in total. The molecule has 5 rings (SSSR count). The van der Waals surface area contributed by atoms with E-state index in [9.17, 15) is 4.79 Å². The number of rotatable bonds is 5. The van der Waals surface area contributed by atoms with E-state index >= 15 is 0 Å². The van der Waals surface area contributed by atoms with Crippen LogP contribution < -0.4 is 10.3 Å². The van der Waals surface area contributed by atoms with Crippen molar-refractivity contribution in [3.05, 3.63) is 82.2 Å². The molecule has 0 saturated carbocycles. The molecule has 0 aliphatic carbocycles. The highest BCUT2D eigenvalue weighted by molar-refractivity contribution is 5.63. The highest BCUT2D eigenvalue weighted by Crippen LogP contribution is 2.26. The van der Waals surface area contributed by atoms with Gasteiger partial charge in [-0.1, -0.05) is 0 Å². The normalized spacial score (nSPS) is 13.7. The van der Waals surface area contributed by atoms with Crippen molar-refractivity contribution in [3.8, 4) is 28.4 Å². The van der Waals surface area contributed by atoms with Gasteiger partial charge in [0.15, 0.2) is 0 Å². The van der Waals surface area contributed by atoms with E-state index in [1.54, 1.807) is 19.5 Å². The van der Waals surface area contributed by atoms with E-state index < -0.39 is 0 Å². The summed E-state index contributed by atoms with van der Waals surface area (Å²) < 4.78 is 5.24. The summed E-state index contributed by atoms with van der Waals surface area (Å²) in [5.74, 6) is 1.39. The SMILES string of the molecule is COc1ccc(-c2[nH]ncc2CN2CCc3nc(-c4cccnc4)[nH]c(=O)c3C2)cc1. The van der Waals surface area contributed by atoms with Crippen LogP contribution in [0, 0.1) is 0 Å². The van der Waals surface area contributed by atoms with Crippen LogP contribution in [0.3, 0.4) is 0 Å². The summed E-state index contributed by atoms with van der Waals surface area (Å²) in [6.45, 7) is 2.07. The zero-order chi connectivity index (χ0) is 21.2. The van der Waals surface area contributed by atoms with Crippen LogP contribution in [-0.4, -0.2) is 43.7 Å². The van der Waals surface area contributed by atoms with E-state index in [2.05, 4.69) is 25.1 Å². The van der Waals surface area contributed by atoms with Crippen LogP contribution >= 0.6 is 0 Å². The third-order valence-electron chi connectivity index (χ3n) is 5.57. The van der Waals surface area contributed by atoms with Gasteiger partial charge in [-0.25, -0.2) is 4.98 Å². The molecule has 0 radical (unpaired) electrons. The smallest absolute Gasteiger partial charge is 0.255 e. The molecule has 156 valence electrons. The molecule has 0 fully saturated rings. The van der Waals surface area contributed by atoms with E-state index in [0.717, 1.165) is 52.4 Å². The topological polar surface area (TPSA) is 99.8 Å². The number of hydrogen-bond acceptors (Lipinski definition) is 6. The molecule has 0 bridgehead atoms. The van der Waals surface area contributed by atoms with Crippen molar-refractivity contribution < 1.29 is 4.74 Å². The molecule has 1 aliphatic rings. The predicted molar refractivity (Wildman–Crippen MR) is 116 cm³/mol. The third kappa shape index (κ3) is 3.85. The minimum Gasteiger partial charge on any atom is -0.497 e. The Morgan fingerprint density at radius 3 is 2.77 bits per heavy atom. The molecule has 0 saturated heterocycles. The van der Waals surface area contributed by atoms with Crippen LogP contribution in [0.25, 0.3) is 22.6 Å². The number of pyridine rings is 1. The fourth-order valence-corrected chi connectivity index (χ4v) is 3.93. The number of nitrogens with zero attached hydrogens (tertiary/aromatic N) is 4. The van der Waals surface area contributed by atoms with Crippen LogP contribution in [0.4, 0.5) is 0 Å². The van der Waals surface area contributed by atoms with Gasteiger partial charge in [0.2, 0.25) is 0 Å². The third-order valence-corrected chi connectivity index (χ3v) is 5.57. The van der Waals surface area contributed by atoms with Gasteiger partial charge in [0.05, 0.1) is 30.3 Å². The lowest BCUT2D eigenvalue weighted by atomic mass is 10.0. The molecule has 4 aromatic rings. The molecule has 1 aliphatic heterocycles. The van der Waals surface area contributed by atoms with Crippen LogP contribution in [0.1, 0.15) is 16.8 Å². The van der Waals surface area contributed by atoms with Crippen molar-refractivity contribution in [2.75, 3.05) is 13.7 Å². The van der Waals surface area contributed by atoms with Crippen LogP contribution in [0.2, 0.25) is 0 Å². The number of aromatic amines is 2. The van der Waals surface area contributed by atoms with E-state index in [1.807, 2.05) is 42.6 Å². The number of nitrogens with one attached hydrogen (secondary N) is 2. The molecule has 0 unspecified atom stereocenters. The van der Waals surface area contributed by atoms with Gasteiger partial charge in [-0.2, -0.15) is 5.10 Å². The van der Waals surface area contributed by atoms with Gasteiger partial charge in [-0.15, -0.1) is 0 Å². The lowest BCUT2D eigenvalue weighted by molar-refractivity contribution is 0.242. The van der Waals surface area contributed by atoms with Gasteiger partial charge >= 0.3 is 0 Å². The van der Waals surface area contributed by atoms with Crippen LogP contribution in [0.15, 0.2) is 59.8 Å². The zero-order valence-electron chi connectivity index (χ0n) is 17.1. The number of benzene rings is 1. The number of fused-ring (bicyclic) bond motifs is 1. The molecule has 31 heavy (non-hydrogen) atoms. The maximum absolute atomic E-state index is 12.8. The van der Waals surface area contributed by atoms with Gasteiger partial charge in [-0.3, -0.25) is 19.8 Å². The number of aromatic nitrogens is 5. The Morgan fingerprint density at radius 1 is 1.13 bits per heavy atom. The van der Waals surface area contributed by atoms with E-state index in [1.165, 1.54) is 0 Å². The van der Waals surface area contributed by atoms with Crippen molar-refractivity contribution in [2.45, 2.75) is 19.5 Å². The standard InChI is InChI=1S/C23H22N6O2/c1-31-18-6-4-15(5-7-18)21-17(12-25-28-21)13-29-10-8-20-19(14-29)23(30)27-22(26-20)16-3-2-9-24-11-16/h2-7,9,11-12H,8,10,13-14H2,1H3,(H,25,28)(H,26,27,30). The Hall–Kier alpha value is -3.78. The van der Waals surface area contributed by atoms with Crippen LogP contribution in [0.5, 0.6) is 5.75 Å². The average Bonchev–Trinajstić information content (AvgIpc) is 3.28. The first-order valence-corrected chi connectivity index (χ1v) is 10.1. The molecule has 3 aromatic heterocycles. The monoisotopic (exact) mass is 414 g/mol. The molecule has 0 atom stereocenters. The summed E-state index contributed by atoms with van der Waals surface area (Å²) in [5.41, 5.74) is 5.43. The van der Waals surface area contributed by atoms with Gasteiger partial charge in [0.1, 0.15) is 11.6 Å². The first kappa shape index (κ1) is 19.2. The lowest BCUT2D eigenvalue weighted by Gasteiger charge is -2.27. The van der Waals surface area contributed by atoms with E-state index in [0.29, 0.717) is 18.9 Å². The Kier molecular flexibility index (Phi) is 5.05. The number of hydrogen-bond donors (Lipinski definition) is 2.